The first-order valence-electron chi connectivity index (χ1n) is 10.8. The minimum Gasteiger partial charge on any atom is -0.355 e. The van der Waals surface area contributed by atoms with E-state index in [9.17, 15) is 9.18 Å². The van der Waals surface area contributed by atoms with E-state index in [1.807, 2.05) is 30.3 Å². The first-order valence-corrected chi connectivity index (χ1v) is 10.8. The van der Waals surface area contributed by atoms with E-state index in [4.69, 9.17) is 4.52 Å². The summed E-state index contributed by atoms with van der Waals surface area (Å²) in [6.07, 6.45) is 2.45. The Bertz CT molecular complexity index is 1270. The van der Waals surface area contributed by atoms with E-state index >= 15 is 0 Å². The molecule has 1 saturated heterocycles. The number of rotatable bonds is 4. The highest BCUT2D eigenvalue weighted by Gasteiger charge is 2.53. The number of alkyl halides is 1. The van der Waals surface area contributed by atoms with Gasteiger partial charge in [-0.25, -0.2) is 4.39 Å². The van der Waals surface area contributed by atoms with Gasteiger partial charge in [0.15, 0.2) is 11.4 Å². The number of halogens is 1. The van der Waals surface area contributed by atoms with E-state index in [-0.39, 0.29) is 5.91 Å². The quantitative estimate of drug-likeness (QED) is 0.525. The lowest BCUT2D eigenvalue weighted by molar-refractivity contribution is -0.139. The summed E-state index contributed by atoms with van der Waals surface area (Å²) < 4.78 is 19.7. The maximum atomic E-state index is 14.1. The zero-order valence-corrected chi connectivity index (χ0v) is 17.3. The SMILES string of the molecule is O=C(N1CCC(c2ccc(-c3onc4ccc(-c5nn[nH]n5)cc34)cc2)CC1)C1(F)CC1. The molecule has 0 bridgehead atoms. The highest BCUT2D eigenvalue weighted by molar-refractivity contribution is 5.94. The predicted octanol–water partition coefficient (Wildman–Crippen LogP) is 3.88. The molecule has 0 spiro atoms. The van der Waals surface area contributed by atoms with E-state index in [2.05, 4.69) is 37.9 Å². The molecule has 2 aromatic heterocycles. The minimum absolute atomic E-state index is 0.316. The maximum Gasteiger partial charge on any atom is 0.260 e. The van der Waals surface area contributed by atoms with Crippen molar-refractivity contribution in [2.24, 2.45) is 0 Å². The number of hydrogen-bond donors (Lipinski definition) is 1. The Hall–Kier alpha value is -3.62. The summed E-state index contributed by atoms with van der Waals surface area (Å²) in [6, 6.07) is 14.0. The lowest BCUT2D eigenvalue weighted by Gasteiger charge is -2.33. The first kappa shape index (κ1) is 19.1. The number of likely N-dealkylation sites (tertiary alicyclic amines) is 1. The van der Waals surface area contributed by atoms with Crippen LogP contribution in [-0.2, 0) is 4.79 Å². The minimum atomic E-state index is -1.57. The number of aromatic amines is 1. The monoisotopic (exact) mass is 432 g/mol. The number of nitrogens with one attached hydrogen (secondary N) is 1. The van der Waals surface area contributed by atoms with Crippen molar-refractivity contribution in [3.63, 3.8) is 0 Å². The van der Waals surface area contributed by atoms with Gasteiger partial charge >= 0.3 is 0 Å². The Morgan fingerprint density at radius 2 is 1.84 bits per heavy atom. The molecule has 2 fully saturated rings. The number of carbonyl (C=O) groups is 1. The molecule has 0 atom stereocenters. The highest BCUT2D eigenvalue weighted by atomic mass is 19.1. The van der Waals surface area contributed by atoms with Crippen molar-refractivity contribution in [1.82, 2.24) is 30.7 Å². The molecule has 1 aliphatic heterocycles. The van der Waals surface area contributed by atoms with Gasteiger partial charge in [-0.1, -0.05) is 29.4 Å². The number of aromatic nitrogens is 5. The van der Waals surface area contributed by atoms with Crippen molar-refractivity contribution >= 4 is 16.8 Å². The normalized spacial score (nSPS) is 18.2. The van der Waals surface area contributed by atoms with Crippen molar-refractivity contribution in [1.29, 1.82) is 0 Å². The summed E-state index contributed by atoms with van der Waals surface area (Å²) in [5.74, 6) is 1.25. The zero-order valence-electron chi connectivity index (χ0n) is 17.3. The molecule has 1 aliphatic carbocycles. The number of nitrogens with zero attached hydrogens (tertiary/aromatic N) is 5. The fourth-order valence-electron chi connectivity index (χ4n) is 4.50. The Balaban J connectivity index is 1.20. The lowest BCUT2D eigenvalue weighted by atomic mass is 9.88. The molecule has 2 aromatic carbocycles. The average Bonchev–Trinajstić information content (AvgIpc) is 3.22. The second-order valence-electron chi connectivity index (χ2n) is 8.63. The standard InChI is InChI=1S/C23H21FN6O2/c24-23(9-10-23)22(31)30-11-7-15(8-12-30)14-1-3-16(4-2-14)20-18-13-17(21-25-28-29-26-21)5-6-19(18)27-32-20/h1-6,13,15H,7-12H2,(H,25,26,28,29). The fourth-order valence-corrected chi connectivity index (χ4v) is 4.50. The highest BCUT2D eigenvalue weighted by Crippen LogP contribution is 2.42. The molecule has 6 rings (SSSR count). The van der Waals surface area contributed by atoms with Crippen LogP contribution in [0.3, 0.4) is 0 Å². The molecule has 0 radical (unpaired) electrons. The van der Waals surface area contributed by atoms with Crippen molar-refractivity contribution in [2.75, 3.05) is 13.1 Å². The second kappa shape index (κ2) is 7.22. The van der Waals surface area contributed by atoms with E-state index in [1.165, 1.54) is 5.56 Å². The van der Waals surface area contributed by atoms with Gasteiger partial charge in [0.25, 0.3) is 5.91 Å². The van der Waals surface area contributed by atoms with Crippen LogP contribution in [0, 0.1) is 0 Å². The Kier molecular flexibility index (Phi) is 4.31. The van der Waals surface area contributed by atoms with Crippen LogP contribution in [0.15, 0.2) is 47.0 Å². The van der Waals surface area contributed by atoms with Crippen LogP contribution in [-0.4, -0.2) is 55.3 Å². The van der Waals surface area contributed by atoms with Crippen LogP contribution >= 0.6 is 0 Å². The van der Waals surface area contributed by atoms with Crippen LogP contribution in [0.4, 0.5) is 4.39 Å². The van der Waals surface area contributed by atoms with Gasteiger partial charge in [0, 0.05) is 24.2 Å². The lowest BCUT2D eigenvalue weighted by Crippen LogP contribution is -2.43. The van der Waals surface area contributed by atoms with Crippen molar-refractivity contribution in [3.8, 4) is 22.7 Å². The molecule has 4 aromatic rings. The molecular weight excluding hydrogens is 411 g/mol. The third-order valence-electron chi connectivity index (χ3n) is 6.58. The largest absolute Gasteiger partial charge is 0.355 e. The van der Waals surface area contributed by atoms with E-state index in [0.29, 0.717) is 43.4 Å². The summed E-state index contributed by atoms with van der Waals surface area (Å²) in [5.41, 5.74) is 2.17. The van der Waals surface area contributed by atoms with E-state index < -0.39 is 5.67 Å². The first-order chi connectivity index (χ1) is 15.6. The van der Waals surface area contributed by atoms with Crippen LogP contribution < -0.4 is 0 Å². The van der Waals surface area contributed by atoms with Gasteiger partial charge in [0.05, 0.1) is 5.39 Å². The van der Waals surface area contributed by atoms with Crippen LogP contribution in [0.1, 0.15) is 37.2 Å². The topological polar surface area (TPSA) is 101 Å². The summed E-state index contributed by atoms with van der Waals surface area (Å²) >= 11 is 0. The molecule has 2 aliphatic rings. The molecule has 1 amide bonds. The van der Waals surface area contributed by atoms with Crippen molar-refractivity contribution < 1.29 is 13.7 Å². The summed E-state index contributed by atoms with van der Waals surface area (Å²) in [6.45, 7) is 1.23. The molecule has 1 saturated carbocycles. The van der Waals surface area contributed by atoms with E-state index in [1.54, 1.807) is 4.90 Å². The van der Waals surface area contributed by atoms with Crippen LogP contribution in [0.5, 0.6) is 0 Å². The van der Waals surface area contributed by atoms with Gasteiger partial charge in [-0.2, -0.15) is 5.21 Å². The van der Waals surface area contributed by atoms with E-state index in [0.717, 1.165) is 34.9 Å². The second-order valence-corrected chi connectivity index (χ2v) is 8.63. The Morgan fingerprint density at radius 3 is 2.53 bits per heavy atom. The molecule has 32 heavy (non-hydrogen) atoms. The van der Waals surface area contributed by atoms with Gasteiger partial charge in [0.2, 0.25) is 5.82 Å². The number of amides is 1. The molecule has 8 nitrogen and oxygen atoms in total. The fraction of sp³-hybridized carbons (Fsp3) is 0.348. The van der Waals surface area contributed by atoms with Crippen molar-refractivity contribution in [2.45, 2.75) is 37.3 Å². The number of hydrogen-bond acceptors (Lipinski definition) is 6. The van der Waals surface area contributed by atoms with Gasteiger partial charge in [-0.3, -0.25) is 4.79 Å². The Morgan fingerprint density at radius 1 is 1.09 bits per heavy atom. The number of piperidine rings is 1. The maximum absolute atomic E-state index is 14.1. The number of fused-ring (bicyclic) bond motifs is 1. The number of tetrazole rings is 1. The molecule has 0 unspecified atom stereocenters. The summed E-state index contributed by atoms with van der Waals surface area (Å²) in [5, 5.41) is 19.2. The van der Waals surface area contributed by atoms with Crippen molar-refractivity contribution in [3.05, 3.63) is 48.0 Å². The summed E-state index contributed by atoms with van der Waals surface area (Å²) in [4.78, 5) is 13.9. The van der Waals surface area contributed by atoms with Crippen LogP contribution in [0.2, 0.25) is 0 Å². The van der Waals surface area contributed by atoms with Crippen LogP contribution in [0.25, 0.3) is 33.6 Å². The zero-order chi connectivity index (χ0) is 21.7. The molecule has 9 heteroatoms. The Labute approximate surface area is 182 Å². The number of benzene rings is 2. The number of H-pyrrole nitrogens is 1. The molecule has 1 N–H and O–H groups in total. The summed E-state index contributed by atoms with van der Waals surface area (Å²) in [7, 11) is 0. The smallest absolute Gasteiger partial charge is 0.260 e. The third kappa shape index (κ3) is 3.24. The third-order valence-corrected chi connectivity index (χ3v) is 6.58. The average molecular weight is 432 g/mol. The van der Waals surface area contributed by atoms with Gasteiger partial charge in [-0.15, -0.1) is 10.2 Å². The molecule has 162 valence electrons. The van der Waals surface area contributed by atoms with Gasteiger partial charge in [0.1, 0.15) is 5.52 Å². The van der Waals surface area contributed by atoms with Gasteiger partial charge < -0.3 is 9.42 Å². The number of carbonyl (C=O) groups excluding carboxylic acids is 1. The predicted molar refractivity (Wildman–Crippen MR) is 114 cm³/mol. The van der Waals surface area contributed by atoms with Gasteiger partial charge in [-0.05, 0) is 60.6 Å². The molecular formula is C23H21FN6O2. The molecule has 3 heterocycles.